The zero-order chi connectivity index (χ0) is 13.4. The lowest BCUT2D eigenvalue weighted by Crippen LogP contribution is -2.42. The van der Waals surface area contributed by atoms with Gasteiger partial charge in [-0.3, -0.25) is 0 Å². The molecule has 0 heteroatoms. The molecule has 0 aliphatic rings. The summed E-state index contributed by atoms with van der Waals surface area (Å²) in [7, 11) is 0. The minimum Gasteiger partial charge on any atom is -0.0968 e. The minimum absolute atomic E-state index is 0.0263. The maximum Gasteiger partial charge on any atom is 0.0314 e. The SMILES string of the molecule is CC(C)(C)C#CC(C)(C)C(C)(C)C(C)(C)C. The van der Waals surface area contributed by atoms with Crippen LogP contribution in [0.1, 0.15) is 69.2 Å². The van der Waals surface area contributed by atoms with Crippen LogP contribution in [0.25, 0.3) is 0 Å². The predicted octanol–water partition coefficient (Wildman–Crippen LogP) is 5.13. The van der Waals surface area contributed by atoms with Crippen molar-refractivity contribution in [3.8, 4) is 11.8 Å². The predicted molar refractivity (Wildman–Crippen MR) is 74.2 cm³/mol. The van der Waals surface area contributed by atoms with Crippen molar-refractivity contribution in [3.63, 3.8) is 0 Å². The van der Waals surface area contributed by atoms with Gasteiger partial charge in [-0.05, 0) is 45.4 Å². The van der Waals surface area contributed by atoms with Crippen LogP contribution >= 0.6 is 0 Å². The molecule has 0 aliphatic carbocycles. The molecule has 0 aliphatic heterocycles. The van der Waals surface area contributed by atoms with Crippen LogP contribution in [0, 0.1) is 33.5 Å². The Morgan fingerprint density at radius 1 is 0.562 bits per heavy atom. The highest BCUT2D eigenvalue weighted by molar-refractivity contribution is 5.18. The fourth-order valence-corrected chi connectivity index (χ4v) is 1.44. The summed E-state index contributed by atoms with van der Waals surface area (Å²) in [4.78, 5) is 0. The molecule has 0 atom stereocenters. The fourth-order valence-electron chi connectivity index (χ4n) is 1.44. The van der Waals surface area contributed by atoms with E-state index in [0.29, 0.717) is 0 Å². The summed E-state index contributed by atoms with van der Waals surface area (Å²) < 4.78 is 0. The first kappa shape index (κ1) is 15.6. The quantitative estimate of drug-likeness (QED) is 0.539. The van der Waals surface area contributed by atoms with Crippen LogP contribution < -0.4 is 0 Å². The largest absolute Gasteiger partial charge is 0.0968 e. The molecule has 0 aromatic rings. The Morgan fingerprint density at radius 3 is 1.19 bits per heavy atom. The lowest BCUT2D eigenvalue weighted by atomic mass is 9.56. The van der Waals surface area contributed by atoms with Crippen molar-refractivity contribution in [3.05, 3.63) is 0 Å². The molecule has 94 valence electrons. The third-order valence-electron chi connectivity index (χ3n) is 4.19. The van der Waals surface area contributed by atoms with Gasteiger partial charge in [-0.25, -0.2) is 0 Å². The molecule has 0 unspecified atom stereocenters. The second-order valence-corrected chi connectivity index (χ2v) is 8.00. The van der Waals surface area contributed by atoms with Gasteiger partial charge in [0.05, 0.1) is 0 Å². The smallest absolute Gasteiger partial charge is 0.0314 e. The van der Waals surface area contributed by atoms with Gasteiger partial charge in [-0.2, -0.15) is 0 Å². The molecule has 0 amide bonds. The van der Waals surface area contributed by atoms with E-state index in [2.05, 4.69) is 81.1 Å². The highest BCUT2D eigenvalue weighted by Crippen LogP contribution is 2.50. The lowest BCUT2D eigenvalue weighted by Gasteiger charge is -2.48. The van der Waals surface area contributed by atoms with E-state index in [-0.39, 0.29) is 21.7 Å². The van der Waals surface area contributed by atoms with Gasteiger partial charge in [0.1, 0.15) is 0 Å². The standard InChI is InChI=1S/C16H30/c1-13(2,3)11-12-15(7,8)16(9,10)14(4,5)6/h1-10H3. The third kappa shape index (κ3) is 3.55. The molecule has 0 N–H and O–H groups in total. The molecule has 0 aromatic carbocycles. The van der Waals surface area contributed by atoms with E-state index < -0.39 is 0 Å². The molecule has 0 saturated carbocycles. The Kier molecular flexibility index (Phi) is 3.99. The summed E-state index contributed by atoms with van der Waals surface area (Å²) in [5.74, 6) is 6.89. The van der Waals surface area contributed by atoms with Crippen molar-refractivity contribution in [1.82, 2.24) is 0 Å². The van der Waals surface area contributed by atoms with Crippen LogP contribution in [0.15, 0.2) is 0 Å². The normalized spacial score (nSPS) is 14.4. The average molecular weight is 222 g/mol. The van der Waals surface area contributed by atoms with Crippen LogP contribution in [0.2, 0.25) is 0 Å². The second kappa shape index (κ2) is 4.10. The summed E-state index contributed by atoms with van der Waals surface area (Å²) in [6.07, 6.45) is 0. The van der Waals surface area contributed by atoms with E-state index in [1.165, 1.54) is 0 Å². The van der Waals surface area contributed by atoms with Gasteiger partial charge in [0.2, 0.25) is 0 Å². The van der Waals surface area contributed by atoms with Crippen molar-refractivity contribution >= 4 is 0 Å². The average Bonchev–Trinajstić information content (AvgIpc) is 1.97. The van der Waals surface area contributed by atoms with E-state index >= 15 is 0 Å². The number of hydrogen-bond acceptors (Lipinski definition) is 0. The van der Waals surface area contributed by atoms with Gasteiger partial charge in [-0.1, -0.05) is 46.5 Å². The molecule has 0 aromatic heterocycles. The van der Waals surface area contributed by atoms with Gasteiger partial charge in [0.15, 0.2) is 0 Å². The van der Waals surface area contributed by atoms with Crippen LogP contribution in [-0.4, -0.2) is 0 Å². The molecule has 0 rings (SSSR count). The van der Waals surface area contributed by atoms with E-state index in [0.717, 1.165) is 0 Å². The number of rotatable bonds is 1. The maximum atomic E-state index is 3.50. The summed E-state index contributed by atoms with van der Waals surface area (Å²) >= 11 is 0. The first-order valence-corrected chi connectivity index (χ1v) is 6.25. The Balaban J connectivity index is 5.28. The summed E-state index contributed by atoms with van der Waals surface area (Å²) in [6, 6.07) is 0. The molecular weight excluding hydrogens is 192 g/mol. The monoisotopic (exact) mass is 222 g/mol. The first-order valence-electron chi connectivity index (χ1n) is 6.25. The number of hydrogen-bond donors (Lipinski definition) is 0. The molecule has 0 saturated heterocycles. The zero-order valence-electron chi connectivity index (χ0n) is 13.0. The topological polar surface area (TPSA) is 0 Å². The van der Waals surface area contributed by atoms with Crippen LogP contribution in [0.5, 0.6) is 0 Å². The highest BCUT2D eigenvalue weighted by atomic mass is 14.5. The molecule has 0 nitrogen and oxygen atoms in total. The van der Waals surface area contributed by atoms with Crippen molar-refractivity contribution in [2.24, 2.45) is 21.7 Å². The van der Waals surface area contributed by atoms with Crippen molar-refractivity contribution in [2.45, 2.75) is 69.2 Å². The Hall–Kier alpha value is -0.440. The van der Waals surface area contributed by atoms with Gasteiger partial charge in [0.25, 0.3) is 0 Å². The fraction of sp³-hybridized carbons (Fsp3) is 0.875. The van der Waals surface area contributed by atoms with Gasteiger partial charge in [-0.15, -0.1) is 0 Å². The van der Waals surface area contributed by atoms with Gasteiger partial charge >= 0.3 is 0 Å². The van der Waals surface area contributed by atoms with Crippen molar-refractivity contribution in [2.75, 3.05) is 0 Å². The molecule has 0 fully saturated rings. The summed E-state index contributed by atoms with van der Waals surface area (Å²) in [5.41, 5.74) is 0.547. The molecular formula is C16H30. The Bertz CT molecular complexity index is 292. The molecule has 0 heterocycles. The van der Waals surface area contributed by atoms with Gasteiger partial charge < -0.3 is 0 Å². The second-order valence-electron chi connectivity index (χ2n) is 8.00. The molecule has 0 bridgehead atoms. The molecule has 16 heavy (non-hydrogen) atoms. The van der Waals surface area contributed by atoms with Crippen LogP contribution in [0.3, 0.4) is 0 Å². The van der Waals surface area contributed by atoms with Gasteiger partial charge in [0, 0.05) is 10.8 Å². The highest BCUT2D eigenvalue weighted by Gasteiger charge is 2.44. The van der Waals surface area contributed by atoms with E-state index in [1.54, 1.807) is 0 Å². The third-order valence-corrected chi connectivity index (χ3v) is 4.19. The van der Waals surface area contributed by atoms with Crippen molar-refractivity contribution in [1.29, 1.82) is 0 Å². The summed E-state index contributed by atoms with van der Waals surface area (Å²) in [5, 5.41) is 0. The summed E-state index contributed by atoms with van der Waals surface area (Å²) in [6.45, 7) is 22.6. The molecule has 0 radical (unpaired) electrons. The Labute approximate surface area is 103 Å². The van der Waals surface area contributed by atoms with E-state index in [4.69, 9.17) is 0 Å². The van der Waals surface area contributed by atoms with E-state index in [1.807, 2.05) is 0 Å². The van der Waals surface area contributed by atoms with Crippen LogP contribution in [-0.2, 0) is 0 Å². The molecule has 0 spiro atoms. The minimum atomic E-state index is 0.0263. The van der Waals surface area contributed by atoms with Crippen molar-refractivity contribution < 1.29 is 0 Å². The lowest BCUT2D eigenvalue weighted by molar-refractivity contribution is 0.0317. The zero-order valence-corrected chi connectivity index (χ0v) is 13.0. The van der Waals surface area contributed by atoms with E-state index in [9.17, 15) is 0 Å². The first-order chi connectivity index (χ1) is 6.71. The Morgan fingerprint density at radius 2 is 0.938 bits per heavy atom. The van der Waals surface area contributed by atoms with Crippen LogP contribution in [0.4, 0.5) is 0 Å². The maximum absolute atomic E-state index is 3.50.